The maximum absolute atomic E-state index is 11.8. The van der Waals surface area contributed by atoms with Gasteiger partial charge in [0.2, 0.25) is 11.9 Å². The highest BCUT2D eigenvalue weighted by Crippen LogP contribution is 2.31. The third kappa shape index (κ3) is 5.09. The monoisotopic (exact) mass is 385 g/mol. The molecule has 2 aliphatic rings. The lowest BCUT2D eigenvalue weighted by molar-refractivity contribution is -0.129. The smallest absolute Gasteiger partial charge is 0.224 e. The highest BCUT2D eigenvalue weighted by Gasteiger charge is 2.29. The summed E-state index contributed by atoms with van der Waals surface area (Å²) in [5.74, 6) is 1.94. The second-order valence-corrected chi connectivity index (χ2v) is 7.99. The van der Waals surface area contributed by atoms with Gasteiger partial charge in [0.25, 0.3) is 0 Å². The minimum Gasteiger partial charge on any atom is -0.367 e. The van der Waals surface area contributed by atoms with Crippen LogP contribution in [-0.4, -0.2) is 51.7 Å². The summed E-state index contributed by atoms with van der Waals surface area (Å²) in [7, 11) is 0. The number of carbonyl (C=O) groups is 2. The Bertz CT molecular complexity index is 736. The average Bonchev–Trinajstić information content (AvgIpc) is 3.11. The molecule has 1 saturated heterocycles. The van der Waals surface area contributed by atoms with Crippen molar-refractivity contribution in [3.8, 4) is 0 Å². The predicted octanol–water partition coefficient (Wildman–Crippen LogP) is 2.93. The standard InChI is InChI=1S/C21H31N5O2/c1-4-18(28)11-16-7-5-9-19(16)24-20-14(2)12-22-21(25-20)23-17-8-6-10-26(13-17)15(3)27/h4,12,16-17,19H,1,5-11,13H2,2-3H3,(H2,22,23,24,25)/t16-,17+,19-/m1/s1. The molecule has 2 heterocycles. The molecular formula is C21H31N5O2. The van der Waals surface area contributed by atoms with Crippen LogP contribution in [0.1, 0.15) is 51.0 Å². The minimum absolute atomic E-state index is 0.104. The van der Waals surface area contributed by atoms with Gasteiger partial charge in [-0.2, -0.15) is 4.98 Å². The number of carbonyl (C=O) groups excluding carboxylic acids is 2. The Morgan fingerprint density at radius 1 is 1.29 bits per heavy atom. The molecule has 3 rings (SSSR count). The number of amides is 1. The number of anilines is 2. The minimum atomic E-state index is 0.104. The highest BCUT2D eigenvalue weighted by molar-refractivity contribution is 5.89. The molecular weight excluding hydrogens is 354 g/mol. The van der Waals surface area contributed by atoms with E-state index in [2.05, 4.69) is 22.2 Å². The van der Waals surface area contributed by atoms with Gasteiger partial charge in [0.15, 0.2) is 5.78 Å². The van der Waals surface area contributed by atoms with Gasteiger partial charge in [-0.1, -0.05) is 13.0 Å². The van der Waals surface area contributed by atoms with E-state index in [9.17, 15) is 9.59 Å². The third-order valence-electron chi connectivity index (χ3n) is 5.84. The molecule has 7 nitrogen and oxygen atoms in total. The summed E-state index contributed by atoms with van der Waals surface area (Å²) < 4.78 is 0. The normalized spacial score (nSPS) is 24.6. The highest BCUT2D eigenvalue weighted by atomic mass is 16.2. The molecule has 1 amide bonds. The summed E-state index contributed by atoms with van der Waals surface area (Å²) in [6.07, 6.45) is 8.97. The Kier molecular flexibility index (Phi) is 6.65. The van der Waals surface area contributed by atoms with Crippen molar-refractivity contribution in [2.45, 2.75) is 64.5 Å². The fourth-order valence-electron chi connectivity index (χ4n) is 4.21. The molecule has 0 bridgehead atoms. The number of nitrogens with one attached hydrogen (secondary N) is 2. The maximum Gasteiger partial charge on any atom is 0.224 e. The largest absolute Gasteiger partial charge is 0.367 e. The number of hydrogen-bond acceptors (Lipinski definition) is 6. The quantitative estimate of drug-likeness (QED) is 0.702. The van der Waals surface area contributed by atoms with E-state index < -0.39 is 0 Å². The molecule has 0 spiro atoms. The summed E-state index contributed by atoms with van der Waals surface area (Å²) in [6.45, 7) is 8.69. The molecule has 0 aromatic carbocycles. The van der Waals surface area contributed by atoms with E-state index in [1.54, 1.807) is 6.92 Å². The number of aromatic nitrogens is 2. The van der Waals surface area contributed by atoms with Crippen LogP contribution in [-0.2, 0) is 9.59 Å². The van der Waals surface area contributed by atoms with Crippen molar-refractivity contribution in [3.63, 3.8) is 0 Å². The Balaban J connectivity index is 1.65. The summed E-state index contributed by atoms with van der Waals surface area (Å²) in [5, 5.41) is 6.94. The maximum atomic E-state index is 11.8. The zero-order valence-corrected chi connectivity index (χ0v) is 16.9. The number of rotatable bonds is 7. The molecule has 1 saturated carbocycles. The topological polar surface area (TPSA) is 87.2 Å². The Labute approximate surface area is 167 Å². The number of likely N-dealkylation sites (tertiary alicyclic amines) is 1. The molecule has 1 aliphatic carbocycles. The molecule has 0 radical (unpaired) electrons. The van der Waals surface area contributed by atoms with Crippen LogP contribution < -0.4 is 10.6 Å². The van der Waals surface area contributed by atoms with Crippen molar-refractivity contribution >= 4 is 23.5 Å². The van der Waals surface area contributed by atoms with Crippen LogP contribution in [0.3, 0.4) is 0 Å². The first kappa shape index (κ1) is 20.3. The van der Waals surface area contributed by atoms with E-state index >= 15 is 0 Å². The zero-order chi connectivity index (χ0) is 20.1. The third-order valence-corrected chi connectivity index (χ3v) is 5.84. The number of aryl methyl sites for hydroxylation is 1. The van der Waals surface area contributed by atoms with Gasteiger partial charge in [-0.15, -0.1) is 0 Å². The van der Waals surface area contributed by atoms with Crippen molar-refractivity contribution in [2.24, 2.45) is 5.92 Å². The molecule has 2 fully saturated rings. The summed E-state index contributed by atoms with van der Waals surface area (Å²) >= 11 is 0. The summed E-state index contributed by atoms with van der Waals surface area (Å²) in [4.78, 5) is 34.4. The number of nitrogens with zero attached hydrogens (tertiary/aromatic N) is 3. The molecule has 1 aliphatic heterocycles. The predicted molar refractivity (Wildman–Crippen MR) is 110 cm³/mol. The molecule has 1 aromatic heterocycles. The van der Waals surface area contributed by atoms with Crippen molar-refractivity contribution in [1.29, 1.82) is 0 Å². The van der Waals surface area contributed by atoms with Gasteiger partial charge < -0.3 is 15.5 Å². The fraction of sp³-hybridized carbons (Fsp3) is 0.619. The Morgan fingerprint density at radius 2 is 2.11 bits per heavy atom. The second kappa shape index (κ2) is 9.17. The van der Waals surface area contributed by atoms with Crippen molar-refractivity contribution < 1.29 is 9.59 Å². The van der Waals surface area contributed by atoms with Gasteiger partial charge in [-0.05, 0) is 44.6 Å². The summed E-state index contributed by atoms with van der Waals surface area (Å²) in [5.41, 5.74) is 0.986. The van der Waals surface area contributed by atoms with E-state index in [1.165, 1.54) is 6.08 Å². The van der Waals surface area contributed by atoms with Gasteiger partial charge in [-0.25, -0.2) is 4.98 Å². The van der Waals surface area contributed by atoms with E-state index in [0.717, 1.165) is 50.0 Å². The lowest BCUT2D eigenvalue weighted by Gasteiger charge is -2.32. The van der Waals surface area contributed by atoms with Crippen LogP contribution in [0, 0.1) is 12.8 Å². The Hall–Kier alpha value is -2.44. The van der Waals surface area contributed by atoms with E-state index in [4.69, 9.17) is 4.98 Å². The first-order valence-corrected chi connectivity index (χ1v) is 10.2. The first-order valence-electron chi connectivity index (χ1n) is 10.2. The van der Waals surface area contributed by atoms with Crippen LogP contribution in [0.4, 0.5) is 11.8 Å². The van der Waals surface area contributed by atoms with E-state index in [-0.39, 0.29) is 23.8 Å². The molecule has 0 unspecified atom stereocenters. The van der Waals surface area contributed by atoms with Crippen LogP contribution in [0.2, 0.25) is 0 Å². The van der Waals surface area contributed by atoms with E-state index in [1.807, 2.05) is 18.0 Å². The Morgan fingerprint density at radius 3 is 2.86 bits per heavy atom. The van der Waals surface area contributed by atoms with E-state index in [0.29, 0.717) is 24.8 Å². The van der Waals surface area contributed by atoms with Crippen molar-refractivity contribution in [1.82, 2.24) is 14.9 Å². The average molecular weight is 386 g/mol. The van der Waals surface area contributed by atoms with Crippen LogP contribution in [0.15, 0.2) is 18.9 Å². The van der Waals surface area contributed by atoms with Gasteiger partial charge in [0, 0.05) is 50.3 Å². The molecule has 7 heteroatoms. The number of allylic oxidation sites excluding steroid dienone is 1. The SMILES string of the molecule is C=CC(=O)C[C@H]1CCC[C@H]1Nc1nc(N[C@H]2CCCN(C(C)=O)C2)ncc1C. The first-order chi connectivity index (χ1) is 13.5. The number of hydrogen-bond donors (Lipinski definition) is 2. The van der Waals surface area contributed by atoms with Crippen LogP contribution in [0.25, 0.3) is 0 Å². The lowest BCUT2D eigenvalue weighted by Crippen LogP contribution is -2.44. The van der Waals surface area contributed by atoms with Gasteiger partial charge >= 0.3 is 0 Å². The molecule has 152 valence electrons. The summed E-state index contributed by atoms with van der Waals surface area (Å²) in [6, 6.07) is 0.408. The number of ketones is 1. The molecule has 3 atom stereocenters. The van der Waals surface area contributed by atoms with Gasteiger partial charge in [0.1, 0.15) is 5.82 Å². The zero-order valence-electron chi connectivity index (χ0n) is 16.9. The lowest BCUT2D eigenvalue weighted by atomic mass is 9.97. The van der Waals surface area contributed by atoms with Crippen molar-refractivity contribution in [3.05, 3.63) is 24.4 Å². The van der Waals surface area contributed by atoms with Gasteiger partial charge in [0.05, 0.1) is 0 Å². The van der Waals surface area contributed by atoms with Crippen LogP contribution in [0.5, 0.6) is 0 Å². The number of piperidine rings is 1. The molecule has 1 aromatic rings. The van der Waals surface area contributed by atoms with Gasteiger partial charge in [-0.3, -0.25) is 9.59 Å². The van der Waals surface area contributed by atoms with Crippen molar-refractivity contribution in [2.75, 3.05) is 23.7 Å². The second-order valence-electron chi connectivity index (χ2n) is 7.99. The van der Waals surface area contributed by atoms with Crippen LogP contribution >= 0.6 is 0 Å². The molecule has 28 heavy (non-hydrogen) atoms. The molecule has 2 N–H and O–H groups in total. The fourth-order valence-corrected chi connectivity index (χ4v) is 4.21.